The maximum Gasteiger partial charge on any atom is 0.250 e. The van der Waals surface area contributed by atoms with E-state index in [4.69, 9.17) is 11.5 Å². The summed E-state index contributed by atoms with van der Waals surface area (Å²) in [7, 11) is 0. The van der Waals surface area contributed by atoms with Crippen molar-refractivity contribution in [2.24, 2.45) is 17.4 Å². The fourth-order valence-corrected chi connectivity index (χ4v) is 2.37. The first-order valence-corrected chi connectivity index (χ1v) is 6.34. The summed E-state index contributed by atoms with van der Waals surface area (Å²) in [6.07, 6.45) is 3.84. The average Bonchev–Trinajstić information content (AvgIpc) is 2.39. The van der Waals surface area contributed by atoms with Gasteiger partial charge in [0.2, 0.25) is 5.91 Å². The molecule has 1 aliphatic heterocycles. The van der Waals surface area contributed by atoms with Gasteiger partial charge in [0.05, 0.1) is 5.56 Å². The molecule has 1 amide bonds. The number of aromatic nitrogens is 1. The normalized spacial score (nSPS) is 21.7. The second-order valence-electron chi connectivity index (χ2n) is 4.98. The van der Waals surface area contributed by atoms with Gasteiger partial charge in [0.1, 0.15) is 5.82 Å². The zero-order chi connectivity index (χ0) is 13.1. The number of carbonyl (C=O) groups is 1. The van der Waals surface area contributed by atoms with Crippen LogP contribution in [0.15, 0.2) is 18.3 Å². The first kappa shape index (κ1) is 12.8. The van der Waals surface area contributed by atoms with Gasteiger partial charge in [-0.25, -0.2) is 4.98 Å². The van der Waals surface area contributed by atoms with E-state index in [1.807, 2.05) is 6.07 Å². The van der Waals surface area contributed by atoms with Crippen LogP contribution < -0.4 is 16.4 Å². The van der Waals surface area contributed by atoms with E-state index in [-0.39, 0.29) is 6.04 Å². The Bertz CT molecular complexity index is 416. The molecular weight excluding hydrogens is 228 g/mol. The molecule has 1 aromatic rings. The number of primary amides is 1. The number of anilines is 1. The SMILES string of the molecule is CC(N)C1CCCN(c2ccc(C(N)=O)cn2)C1. The number of carbonyl (C=O) groups excluding carboxylic acids is 1. The quantitative estimate of drug-likeness (QED) is 0.826. The maximum absolute atomic E-state index is 11.0. The van der Waals surface area contributed by atoms with Gasteiger partial charge >= 0.3 is 0 Å². The Kier molecular flexibility index (Phi) is 3.81. The van der Waals surface area contributed by atoms with Crippen molar-refractivity contribution in [1.29, 1.82) is 0 Å². The predicted octanol–water partition coefficient (Wildman–Crippen LogP) is 0.744. The Morgan fingerprint density at radius 3 is 2.89 bits per heavy atom. The third kappa shape index (κ3) is 2.79. The molecule has 5 nitrogen and oxygen atoms in total. The largest absolute Gasteiger partial charge is 0.366 e. The lowest BCUT2D eigenvalue weighted by molar-refractivity contribution is 0.1000. The number of nitrogens with two attached hydrogens (primary N) is 2. The topological polar surface area (TPSA) is 85.2 Å². The average molecular weight is 248 g/mol. The van der Waals surface area contributed by atoms with Gasteiger partial charge in [-0.3, -0.25) is 4.79 Å². The molecule has 2 atom stereocenters. The van der Waals surface area contributed by atoms with Gasteiger partial charge in [0.25, 0.3) is 0 Å². The van der Waals surface area contributed by atoms with Crippen molar-refractivity contribution in [3.05, 3.63) is 23.9 Å². The number of pyridine rings is 1. The molecule has 0 spiro atoms. The lowest BCUT2D eigenvalue weighted by atomic mass is 9.92. The first-order valence-electron chi connectivity index (χ1n) is 6.34. The smallest absolute Gasteiger partial charge is 0.250 e. The van der Waals surface area contributed by atoms with Crippen molar-refractivity contribution < 1.29 is 4.79 Å². The number of amides is 1. The van der Waals surface area contributed by atoms with E-state index in [2.05, 4.69) is 16.8 Å². The molecule has 0 aromatic carbocycles. The van der Waals surface area contributed by atoms with Gasteiger partial charge in [-0.1, -0.05) is 0 Å². The minimum Gasteiger partial charge on any atom is -0.366 e. The van der Waals surface area contributed by atoms with E-state index in [1.165, 1.54) is 12.6 Å². The van der Waals surface area contributed by atoms with Crippen LogP contribution in [0.5, 0.6) is 0 Å². The van der Waals surface area contributed by atoms with Crippen LogP contribution in [-0.2, 0) is 0 Å². The Balaban J connectivity index is 2.09. The van der Waals surface area contributed by atoms with E-state index in [1.54, 1.807) is 6.07 Å². The monoisotopic (exact) mass is 248 g/mol. The Labute approximate surface area is 107 Å². The van der Waals surface area contributed by atoms with E-state index in [9.17, 15) is 4.79 Å². The van der Waals surface area contributed by atoms with Crippen molar-refractivity contribution in [2.75, 3.05) is 18.0 Å². The summed E-state index contributed by atoms with van der Waals surface area (Å²) >= 11 is 0. The molecule has 1 fully saturated rings. The Morgan fingerprint density at radius 2 is 2.33 bits per heavy atom. The number of hydrogen-bond donors (Lipinski definition) is 2. The molecule has 1 saturated heterocycles. The van der Waals surface area contributed by atoms with Crippen molar-refractivity contribution in [3.8, 4) is 0 Å². The third-order valence-corrected chi connectivity index (χ3v) is 3.56. The minimum atomic E-state index is -0.443. The van der Waals surface area contributed by atoms with Crippen molar-refractivity contribution >= 4 is 11.7 Å². The van der Waals surface area contributed by atoms with Crippen LogP contribution in [-0.4, -0.2) is 30.0 Å². The van der Waals surface area contributed by atoms with Crippen molar-refractivity contribution in [1.82, 2.24) is 4.98 Å². The molecule has 2 heterocycles. The summed E-state index contributed by atoms with van der Waals surface area (Å²) in [5.74, 6) is 0.961. The zero-order valence-electron chi connectivity index (χ0n) is 10.7. The van der Waals surface area contributed by atoms with Gasteiger partial charge < -0.3 is 16.4 Å². The summed E-state index contributed by atoms with van der Waals surface area (Å²) in [4.78, 5) is 17.5. The fourth-order valence-electron chi connectivity index (χ4n) is 2.37. The van der Waals surface area contributed by atoms with Crippen LogP contribution in [0.25, 0.3) is 0 Å². The predicted molar refractivity (Wildman–Crippen MR) is 71.3 cm³/mol. The molecule has 98 valence electrons. The molecule has 1 aliphatic rings. The molecule has 0 saturated carbocycles. The second kappa shape index (κ2) is 5.35. The lowest BCUT2D eigenvalue weighted by Gasteiger charge is -2.35. The summed E-state index contributed by atoms with van der Waals surface area (Å²) in [5.41, 5.74) is 11.6. The van der Waals surface area contributed by atoms with Crippen LogP contribution in [0.2, 0.25) is 0 Å². The van der Waals surface area contributed by atoms with Crippen LogP contribution in [0.1, 0.15) is 30.1 Å². The molecule has 2 unspecified atom stereocenters. The Hall–Kier alpha value is -1.62. The van der Waals surface area contributed by atoms with E-state index < -0.39 is 5.91 Å². The van der Waals surface area contributed by atoms with Crippen LogP contribution >= 0.6 is 0 Å². The fraction of sp³-hybridized carbons (Fsp3) is 0.538. The molecule has 0 aliphatic carbocycles. The Morgan fingerprint density at radius 1 is 1.56 bits per heavy atom. The lowest BCUT2D eigenvalue weighted by Crippen LogP contribution is -2.42. The maximum atomic E-state index is 11.0. The molecule has 0 radical (unpaired) electrons. The molecular formula is C13H20N4O. The number of piperidine rings is 1. The number of hydrogen-bond acceptors (Lipinski definition) is 4. The molecule has 0 bridgehead atoms. The van der Waals surface area contributed by atoms with Gasteiger partial charge in [0, 0.05) is 25.3 Å². The van der Waals surface area contributed by atoms with Gasteiger partial charge in [0.15, 0.2) is 0 Å². The molecule has 1 aromatic heterocycles. The molecule has 4 N–H and O–H groups in total. The number of rotatable bonds is 3. The molecule has 2 rings (SSSR count). The van der Waals surface area contributed by atoms with Crippen molar-refractivity contribution in [3.63, 3.8) is 0 Å². The van der Waals surface area contributed by atoms with E-state index in [0.717, 1.165) is 25.3 Å². The van der Waals surface area contributed by atoms with Crippen LogP contribution in [0.4, 0.5) is 5.82 Å². The highest BCUT2D eigenvalue weighted by atomic mass is 16.1. The minimum absolute atomic E-state index is 0.206. The summed E-state index contributed by atoms with van der Waals surface area (Å²) in [6, 6.07) is 3.78. The molecule has 5 heteroatoms. The highest BCUT2D eigenvalue weighted by Crippen LogP contribution is 2.23. The number of nitrogens with zero attached hydrogens (tertiary/aromatic N) is 2. The zero-order valence-corrected chi connectivity index (χ0v) is 10.7. The third-order valence-electron chi connectivity index (χ3n) is 3.56. The summed E-state index contributed by atoms with van der Waals surface area (Å²) < 4.78 is 0. The van der Waals surface area contributed by atoms with Gasteiger partial charge in [-0.15, -0.1) is 0 Å². The highest BCUT2D eigenvalue weighted by Gasteiger charge is 2.23. The standard InChI is InChI=1S/C13H20N4O/c1-9(14)11-3-2-6-17(8-11)12-5-4-10(7-16-12)13(15)18/h4-5,7,9,11H,2-3,6,8,14H2,1H3,(H2,15,18). The summed E-state index contributed by atoms with van der Waals surface area (Å²) in [5, 5.41) is 0. The highest BCUT2D eigenvalue weighted by molar-refractivity contribution is 5.92. The first-order chi connectivity index (χ1) is 8.58. The van der Waals surface area contributed by atoms with Crippen molar-refractivity contribution in [2.45, 2.75) is 25.8 Å². The van der Waals surface area contributed by atoms with Crippen LogP contribution in [0.3, 0.4) is 0 Å². The summed E-state index contributed by atoms with van der Waals surface area (Å²) in [6.45, 7) is 3.98. The van der Waals surface area contributed by atoms with Crippen LogP contribution in [0, 0.1) is 5.92 Å². The van der Waals surface area contributed by atoms with E-state index >= 15 is 0 Å². The molecule has 18 heavy (non-hydrogen) atoms. The van der Waals surface area contributed by atoms with Gasteiger partial charge in [-0.2, -0.15) is 0 Å². The van der Waals surface area contributed by atoms with Gasteiger partial charge in [-0.05, 0) is 37.8 Å². The second-order valence-corrected chi connectivity index (χ2v) is 4.98. The van der Waals surface area contributed by atoms with E-state index in [0.29, 0.717) is 11.5 Å².